The van der Waals surface area contributed by atoms with E-state index in [2.05, 4.69) is 10.1 Å². The number of rotatable bonds is 6. The maximum Gasteiger partial charge on any atom is 0.387 e. The van der Waals surface area contributed by atoms with Crippen LogP contribution in [0.1, 0.15) is 11.3 Å². The summed E-state index contributed by atoms with van der Waals surface area (Å²) in [5, 5.41) is 3.67. The molecule has 0 radical (unpaired) electrons. The van der Waals surface area contributed by atoms with Gasteiger partial charge in [-0.3, -0.25) is 4.79 Å². The van der Waals surface area contributed by atoms with E-state index in [1.54, 1.807) is 18.2 Å². The second-order valence-electron chi connectivity index (χ2n) is 5.26. The Bertz CT molecular complexity index is 852. The number of furan rings is 1. The summed E-state index contributed by atoms with van der Waals surface area (Å²) in [7, 11) is 0. The van der Waals surface area contributed by atoms with Crippen molar-refractivity contribution in [1.29, 1.82) is 0 Å². The molecule has 0 unspecified atom stereocenters. The summed E-state index contributed by atoms with van der Waals surface area (Å²) in [6.07, 6.45) is 2.97. The molecule has 128 valence electrons. The van der Waals surface area contributed by atoms with Crippen LogP contribution in [-0.2, 0) is 11.3 Å². The second kappa shape index (κ2) is 7.61. The lowest BCUT2D eigenvalue weighted by molar-refractivity contribution is -0.116. The molecule has 1 aromatic heterocycles. The monoisotopic (exact) mass is 343 g/mol. The highest BCUT2D eigenvalue weighted by Gasteiger charge is 2.04. The number of benzene rings is 2. The normalized spacial score (nSPS) is 11.3. The Morgan fingerprint density at radius 1 is 1.16 bits per heavy atom. The molecule has 3 aromatic rings. The van der Waals surface area contributed by atoms with E-state index in [9.17, 15) is 13.6 Å². The summed E-state index contributed by atoms with van der Waals surface area (Å²) >= 11 is 0. The van der Waals surface area contributed by atoms with Crippen molar-refractivity contribution >= 4 is 23.0 Å². The zero-order chi connectivity index (χ0) is 17.6. The van der Waals surface area contributed by atoms with Gasteiger partial charge in [0, 0.05) is 18.0 Å². The van der Waals surface area contributed by atoms with Crippen molar-refractivity contribution in [1.82, 2.24) is 5.32 Å². The zero-order valence-corrected chi connectivity index (χ0v) is 13.1. The average molecular weight is 343 g/mol. The van der Waals surface area contributed by atoms with Gasteiger partial charge in [0.25, 0.3) is 0 Å². The third-order valence-electron chi connectivity index (χ3n) is 3.46. The third kappa shape index (κ3) is 4.67. The number of amides is 1. The SMILES string of the molecule is O=C(/C=C/c1cc2ccccc2o1)NCc1ccc(OC(F)F)cc1. The van der Waals surface area contributed by atoms with Crippen molar-refractivity contribution in [3.63, 3.8) is 0 Å². The summed E-state index contributed by atoms with van der Waals surface area (Å²) < 4.78 is 34.0. The van der Waals surface area contributed by atoms with Gasteiger partial charge in [-0.1, -0.05) is 30.3 Å². The second-order valence-corrected chi connectivity index (χ2v) is 5.26. The molecule has 0 aliphatic rings. The summed E-state index contributed by atoms with van der Waals surface area (Å²) in [6.45, 7) is -2.58. The molecule has 1 heterocycles. The van der Waals surface area contributed by atoms with E-state index in [0.29, 0.717) is 5.76 Å². The van der Waals surface area contributed by atoms with Crippen molar-refractivity contribution < 1.29 is 22.7 Å². The molecule has 0 aliphatic heterocycles. The van der Waals surface area contributed by atoms with Gasteiger partial charge < -0.3 is 14.5 Å². The molecule has 6 heteroatoms. The number of nitrogens with one attached hydrogen (secondary N) is 1. The Morgan fingerprint density at radius 3 is 2.64 bits per heavy atom. The van der Waals surface area contributed by atoms with Crippen LogP contribution in [0.5, 0.6) is 5.75 Å². The first-order valence-electron chi connectivity index (χ1n) is 7.58. The van der Waals surface area contributed by atoms with Crippen LogP contribution in [0.2, 0.25) is 0 Å². The number of carbonyl (C=O) groups is 1. The molecule has 0 spiro atoms. The minimum atomic E-state index is -2.85. The molecule has 0 aliphatic carbocycles. The highest BCUT2D eigenvalue weighted by atomic mass is 19.3. The quantitative estimate of drug-likeness (QED) is 0.677. The summed E-state index contributed by atoms with van der Waals surface area (Å²) in [5.41, 5.74) is 1.53. The predicted molar refractivity (Wildman–Crippen MR) is 90.2 cm³/mol. The highest BCUT2D eigenvalue weighted by molar-refractivity contribution is 5.92. The maximum atomic E-state index is 12.1. The van der Waals surface area contributed by atoms with Crippen molar-refractivity contribution in [2.24, 2.45) is 0 Å². The molecule has 25 heavy (non-hydrogen) atoms. The van der Waals surface area contributed by atoms with Crippen LogP contribution in [0.15, 0.2) is 65.1 Å². The van der Waals surface area contributed by atoms with Crippen LogP contribution in [0.25, 0.3) is 17.0 Å². The molecular formula is C19H15F2NO3. The standard InChI is InChI=1S/C19H15F2NO3/c20-19(21)25-15-7-5-13(6-8-15)12-22-18(23)10-9-16-11-14-3-1-2-4-17(14)24-16/h1-11,19H,12H2,(H,22,23)/b10-9+. The fourth-order valence-electron chi connectivity index (χ4n) is 2.28. The molecule has 0 fully saturated rings. The van der Waals surface area contributed by atoms with Gasteiger partial charge in [0.2, 0.25) is 5.91 Å². The van der Waals surface area contributed by atoms with Crippen LogP contribution in [0.3, 0.4) is 0 Å². The van der Waals surface area contributed by atoms with E-state index in [-0.39, 0.29) is 18.2 Å². The Balaban J connectivity index is 1.53. The van der Waals surface area contributed by atoms with E-state index in [4.69, 9.17) is 4.42 Å². The largest absolute Gasteiger partial charge is 0.457 e. The minimum Gasteiger partial charge on any atom is -0.457 e. The van der Waals surface area contributed by atoms with Crippen LogP contribution < -0.4 is 10.1 Å². The van der Waals surface area contributed by atoms with E-state index < -0.39 is 6.61 Å². The minimum absolute atomic E-state index is 0.0786. The van der Waals surface area contributed by atoms with E-state index in [1.807, 2.05) is 30.3 Å². The first-order valence-corrected chi connectivity index (χ1v) is 7.58. The van der Waals surface area contributed by atoms with Crippen molar-refractivity contribution in [2.75, 3.05) is 0 Å². The molecule has 1 N–H and O–H groups in total. The van der Waals surface area contributed by atoms with Gasteiger partial charge >= 0.3 is 6.61 Å². The summed E-state index contributed by atoms with van der Waals surface area (Å²) in [5.74, 6) is 0.382. The fraction of sp³-hybridized carbons (Fsp3) is 0.105. The lowest BCUT2D eigenvalue weighted by Crippen LogP contribution is -2.20. The van der Waals surface area contributed by atoms with Crippen molar-refractivity contribution in [3.05, 3.63) is 72.0 Å². The Morgan fingerprint density at radius 2 is 1.92 bits per heavy atom. The lowest BCUT2D eigenvalue weighted by atomic mass is 10.2. The number of alkyl halides is 2. The van der Waals surface area contributed by atoms with Gasteiger partial charge in [0.15, 0.2) is 0 Å². The smallest absolute Gasteiger partial charge is 0.387 e. The fourth-order valence-corrected chi connectivity index (χ4v) is 2.28. The molecule has 3 rings (SSSR count). The molecule has 2 aromatic carbocycles. The van der Waals surface area contributed by atoms with Gasteiger partial charge in [-0.2, -0.15) is 8.78 Å². The topological polar surface area (TPSA) is 51.5 Å². The van der Waals surface area contributed by atoms with Gasteiger partial charge in [-0.05, 0) is 35.9 Å². The molecule has 4 nitrogen and oxygen atoms in total. The molecule has 0 saturated heterocycles. The number of fused-ring (bicyclic) bond motifs is 1. The average Bonchev–Trinajstić information content (AvgIpc) is 3.02. The zero-order valence-electron chi connectivity index (χ0n) is 13.1. The summed E-state index contributed by atoms with van der Waals surface area (Å²) in [6, 6.07) is 15.5. The highest BCUT2D eigenvalue weighted by Crippen LogP contribution is 2.19. The number of ether oxygens (including phenoxy) is 1. The Kier molecular flexibility index (Phi) is 5.09. The van der Waals surface area contributed by atoms with Crippen LogP contribution in [-0.4, -0.2) is 12.5 Å². The first kappa shape index (κ1) is 16.7. The lowest BCUT2D eigenvalue weighted by Gasteiger charge is -2.06. The van der Waals surface area contributed by atoms with Gasteiger partial charge in [0.1, 0.15) is 17.1 Å². The third-order valence-corrected chi connectivity index (χ3v) is 3.46. The van der Waals surface area contributed by atoms with Gasteiger partial charge in [-0.15, -0.1) is 0 Å². The van der Waals surface area contributed by atoms with Gasteiger partial charge in [-0.25, -0.2) is 0 Å². The molecule has 0 saturated carbocycles. The molecule has 0 atom stereocenters. The first-order chi connectivity index (χ1) is 12.1. The number of carbonyl (C=O) groups excluding carboxylic acids is 1. The Labute approximate surface area is 142 Å². The van der Waals surface area contributed by atoms with E-state index in [1.165, 1.54) is 18.2 Å². The van der Waals surface area contributed by atoms with Gasteiger partial charge in [0.05, 0.1) is 0 Å². The van der Waals surface area contributed by atoms with E-state index in [0.717, 1.165) is 16.5 Å². The van der Waals surface area contributed by atoms with Crippen molar-refractivity contribution in [3.8, 4) is 5.75 Å². The number of halogens is 2. The van der Waals surface area contributed by atoms with Crippen LogP contribution in [0, 0.1) is 0 Å². The molecule has 1 amide bonds. The number of hydrogen-bond donors (Lipinski definition) is 1. The van der Waals surface area contributed by atoms with Crippen molar-refractivity contribution in [2.45, 2.75) is 13.2 Å². The molecule has 0 bridgehead atoms. The van der Waals surface area contributed by atoms with E-state index >= 15 is 0 Å². The maximum absolute atomic E-state index is 12.1. The van der Waals surface area contributed by atoms with Crippen LogP contribution in [0.4, 0.5) is 8.78 Å². The predicted octanol–water partition coefficient (Wildman–Crippen LogP) is 4.36. The Hall–Kier alpha value is -3.15. The number of para-hydroxylation sites is 1. The summed E-state index contributed by atoms with van der Waals surface area (Å²) in [4.78, 5) is 11.9. The van der Waals surface area contributed by atoms with Crippen LogP contribution >= 0.6 is 0 Å². The number of hydrogen-bond acceptors (Lipinski definition) is 3. The molecular weight excluding hydrogens is 328 g/mol.